The first kappa shape index (κ1) is 17.7. The predicted molar refractivity (Wildman–Crippen MR) is 80.3 cm³/mol. The van der Waals surface area contributed by atoms with Gasteiger partial charge in [0.15, 0.2) is 0 Å². The van der Waals surface area contributed by atoms with Gasteiger partial charge in [0.05, 0.1) is 17.2 Å². The fourth-order valence-corrected chi connectivity index (χ4v) is 1.88. The van der Waals surface area contributed by atoms with Crippen LogP contribution < -0.4 is 10.6 Å². The fourth-order valence-electron chi connectivity index (χ4n) is 1.88. The van der Waals surface area contributed by atoms with Gasteiger partial charge in [0.25, 0.3) is 5.91 Å². The molecule has 1 atom stereocenters. The highest BCUT2D eigenvalue weighted by atomic mass is 19.4. The number of rotatable bonds is 5. The van der Waals surface area contributed by atoms with Crippen molar-refractivity contribution in [1.82, 2.24) is 15.3 Å². The van der Waals surface area contributed by atoms with Crippen molar-refractivity contribution in [2.24, 2.45) is 0 Å². The zero-order chi connectivity index (χ0) is 17.7. The summed E-state index contributed by atoms with van der Waals surface area (Å²) in [5.74, 6) is -0.139. The number of alkyl halides is 3. The van der Waals surface area contributed by atoms with Gasteiger partial charge in [-0.2, -0.15) is 13.2 Å². The van der Waals surface area contributed by atoms with Gasteiger partial charge in [-0.25, -0.2) is 9.97 Å². The minimum absolute atomic E-state index is 0.155. The van der Waals surface area contributed by atoms with Crippen LogP contribution in [0.25, 0.3) is 0 Å². The van der Waals surface area contributed by atoms with Gasteiger partial charge in [-0.1, -0.05) is 12.1 Å². The lowest BCUT2D eigenvalue weighted by Crippen LogP contribution is -2.28. The number of halogens is 3. The Hall–Kier alpha value is -2.68. The molecule has 1 amide bonds. The summed E-state index contributed by atoms with van der Waals surface area (Å²) in [5.41, 5.74) is -0.331. The van der Waals surface area contributed by atoms with Crippen molar-refractivity contribution < 1.29 is 23.1 Å². The van der Waals surface area contributed by atoms with E-state index in [1.165, 1.54) is 24.5 Å². The summed E-state index contributed by atoms with van der Waals surface area (Å²) >= 11 is 0. The van der Waals surface area contributed by atoms with Gasteiger partial charge in [-0.3, -0.25) is 4.79 Å². The second kappa shape index (κ2) is 7.26. The topological polar surface area (TPSA) is 87.1 Å². The van der Waals surface area contributed by atoms with Gasteiger partial charge in [0.1, 0.15) is 0 Å². The summed E-state index contributed by atoms with van der Waals surface area (Å²) in [7, 11) is 1.63. The number of aliphatic hydroxyl groups excluding tert-OH is 1. The number of carbonyl (C=O) groups excluding carboxylic acids is 1. The maximum absolute atomic E-state index is 12.5. The Balaban J connectivity index is 1.94. The zero-order valence-electron chi connectivity index (χ0n) is 12.6. The predicted octanol–water partition coefficient (Wildman–Crippen LogP) is 2.00. The fraction of sp³-hybridized carbons (Fsp3) is 0.267. The standard InChI is InChI=1S/C15H15F3N4O2/c1-19-14-21-6-10(7-22-14)13(24)20-8-12(23)9-2-4-11(5-3-9)15(16,17)18/h2-7,12,23H,8H2,1H3,(H,20,24)(H,19,21,22). The van der Waals surface area contributed by atoms with Crippen molar-refractivity contribution in [3.63, 3.8) is 0 Å². The zero-order valence-corrected chi connectivity index (χ0v) is 12.6. The summed E-state index contributed by atoms with van der Waals surface area (Å²) in [5, 5.41) is 15.1. The van der Waals surface area contributed by atoms with E-state index < -0.39 is 23.8 Å². The molecule has 2 rings (SSSR count). The van der Waals surface area contributed by atoms with Gasteiger partial charge in [0, 0.05) is 26.0 Å². The molecule has 0 saturated carbocycles. The maximum Gasteiger partial charge on any atom is 0.416 e. The van der Waals surface area contributed by atoms with Crippen molar-refractivity contribution >= 4 is 11.9 Å². The number of benzene rings is 1. The van der Waals surface area contributed by atoms with Crippen molar-refractivity contribution in [1.29, 1.82) is 0 Å². The number of hydrogen-bond acceptors (Lipinski definition) is 5. The Labute approximate surface area is 135 Å². The highest BCUT2D eigenvalue weighted by Crippen LogP contribution is 2.29. The van der Waals surface area contributed by atoms with Crippen LogP contribution in [0.2, 0.25) is 0 Å². The monoisotopic (exact) mass is 340 g/mol. The third kappa shape index (κ3) is 4.42. The third-order valence-corrected chi connectivity index (χ3v) is 3.22. The molecule has 0 aliphatic carbocycles. The second-order valence-corrected chi connectivity index (χ2v) is 4.89. The molecule has 0 spiro atoms. The van der Waals surface area contributed by atoms with Crippen LogP contribution in [0.3, 0.4) is 0 Å². The van der Waals surface area contributed by atoms with Gasteiger partial charge in [-0.15, -0.1) is 0 Å². The van der Waals surface area contributed by atoms with E-state index in [1.54, 1.807) is 7.05 Å². The van der Waals surface area contributed by atoms with Crippen LogP contribution in [0.5, 0.6) is 0 Å². The quantitative estimate of drug-likeness (QED) is 0.775. The Morgan fingerprint density at radius 3 is 2.29 bits per heavy atom. The first-order valence-corrected chi connectivity index (χ1v) is 6.94. The molecule has 0 radical (unpaired) electrons. The van der Waals surface area contributed by atoms with E-state index in [4.69, 9.17) is 0 Å². The molecule has 1 heterocycles. The summed E-state index contributed by atoms with van der Waals surface area (Å²) < 4.78 is 37.4. The van der Waals surface area contributed by atoms with E-state index >= 15 is 0 Å². The number of hydrogen-bond donors (Lipinski definition) is 3. The number of anilines is 1. The average Bonchev–Trinajstić information content (AvgIpc) is 2.58. The summed E-state index contributed by atoms with van der Waals surface area (Å²) in [6.07, 6.45) is -2.93. The van der Waals surface area contributed by atoms with E-state index in [0.29, 0.717) is 5.95 Å². The van der Waals surface area contributed by atoms with Gasteiger partial charge in [-0.05, 0) is 17.7 Å². The van der Waals surface area contributed by atoms with Crippen molar-refractivity contribution in [3.05, 3.63) is 53.3 Å². The molecule has 128 valence electrons. The Morgan fingerprint density at radius 1 is 1.21 bits per heavy atom. The van der Waals surface area contributed by atoms with Crippen LogP contribution in [0.1, 0.15) is 27.6 Å². The Kier molecular flexibility index (Phi) is 5.35. The lowest BCUT2D eigenvalue weighted by Gasteiger charge is -2.13. The molecule has 9 heteroatoms. The molecule has 1 aromatic carbocycles. The molecule has 1 unspecified atom stereocenters. The van der Waals surface area contributed by atoms with E-state index in [2.05, 4.69) is 20.6 Å². The number of aromatic nitrogens is 2. The Morgan fingerprint density at radius 2 is 1.79 bits per heavy atom. The highest BCUT2D eigenvalue weighted by molar-refractivity contribution is 5.93. The Bertz CT molecular complexity index is 687. The van der Waals surface area contributed by atoms with E-state index in [0.717, 1.165) is 12.1 Å². The van der Waals surface area contributed by atoms with Crippen LogP contribution in [0.15, 0.2) is 36.7 Å². The molecule has 0 saturated heterocycles. The van der Waals surface area contributed by atoms with Crippen LogP contribution >= 0.6 is 0 Å². The smallest absolute Gasteiger partial charge is 0.387 e. The van der Waals surface area contributed by atoms with E-state index in [-0.39, 0.29) is 17.7 Å². The normalized spacial score (nSPS) is 12.5. The number of amides is 1. The van der Waals surface area contributed by atoms with Crippen LogP contribution in [0.4, 0.5) is 19.1 Å². The van der Waals surface area contributed by atoms with E-state index in [9.17, 15) is 23.1 Å². The van der Waals surface area contributed by atoms with Crippen LogP contribution in [-0.2, 0) is 6.18 Å². The molecule has 0 aliphatic rings. The maximum atomic E-state index is 12.5. The molecule has 0 aliphatic heterocycles. The third-order valence-electron chi connectivity index (χ3n) is 3.22. The first-order chi connectivity index (χ1) is 11.3. The molecule has 2 aromatic rings. The number of carbonyl (C=O) groups is 1. The average molecular weight is 340 g/mol. The molecule has 1 aromatic heterocycles. The van der Waals surface area contributed by atoms with Crippen LogP contribution in [0, 0.1) is 0 Å². The first-order valence-electron chi connectivity index (χ1n) is 6.94. The van der Waals surface area contributed by atoms with Crippen molar-refractivity contribution in [2.75, 3.05) is 18.9 Å². The largest absolute Gasteiger partial charge is 0.416 e. The number of nitrogens with zero attached hydrogens (tertiary/aromatic N) is 2. The minimum Gasteiger partial charge on any atom is -0.387 e. The lowest BCUT2D eigenvalue weighted by atomic mass is 10.1. The van der Waals surface area contributed by atoms with Gasteiger partial charge < -0.3 is 15.7 Å². The molecule has 0 bridgehead atoms. The van der Waals surface area contributed by atoms with E-state index in [1.807, 2.05) is 0 Å². The molecular weight excluding hydrogens is 325 g/mol. The van der Waals surface area contributed by atoms with Crippen molar-refractivity contribution in [2.45, 2.75) is 12.3 Å². The number of nitrogens with one attached hydrogen (secondary N) is 2. The summed E-state index contributed by atoms with van der Waals surface area (Å²) in [6, 6.07) is 4.10. The SMILES string of the molecule is CNc1ncc(C(=O)NCC(O)c2ccc(C(F)(F)F)cc2)cn1. The highest BCUT2D eigenvalue weighted by Gasteiger charge is 2.30. The molecular formula is C15H15F3N4O2. The summed E-state index contributed by atoms with van der Waals surface area (Å²) in [6.45, 7) is -0.155. The lowest BCUT2D eigenvalue weighted by molar-refractivity contribution is -0.137. The summed E-state index contributed by atoms with van der Waals surface area (Å²) in [4.78, 5) is 19.7. The van der Waals surface area contributed by atoms with Crippen LogP contribution in [-0.4, -0.2) is 34.6 Å². The molecule has 0 fully saturated rings. The molecule has 6 nitrogen and oxygen atoms in total. The van der Waals surface area contributed by atoms with Gasteiger partial charge in [0.2, 0.25) is 5.95 Å². The number of aliphatic hydroxyl groups is 1. The van der Waals surface area contributed by atoms with Crippen molar-refractivity contribution in [3.8, 4) is 0 Å². The second-order valence-electron chi connectivity index (χ2n) is 4.89. The van der Waals surface area contributed by atoms with Gasteiger partial charge >= 0.3 is 6.18 Å². The molecule has 24 heavy (non-hydrogen) atoms. The molecule has 3 N–H and O–H groups in total. The minimum atomic E-state index is -4.43.